The molecule has 1 aromatic carbocycles. The number of likely N-dealkylation sites (tertiary alicyclic amines) is 1. The summed E-state index contributed by atoms with van der Waals surface area (Å²) >= 11 is 0. The maximum absolute atomic E-state index is 12.3. The zero-order valence-corrected chi connectivity index (χ0v) is 14.1. The zero-order chi connectivity index (χ0) is 15.9. The first kappa shape index (κ1) is 16.8. The molecule has 0 aromatic heterocycles. The summed E-state index contributed by atoms with van der Waals surface area (Å²) in [6.07, 6.45) is 2.22. The maximum atomic E-state index is 12.3. The van der Waals surface area contributed by atoms with Crippen LogP contribution in [0.15, 0.2) is 24.3 Å². The van der Waals surface area contributed by atoms with Crippen molar-refractivity contribution in [3.05, 3.63) is 29.8 Å². The highest BCUT2D eigenvalue weighted by Crippen LogP contribution is 2.19. The summed E-state index contributed by atoms with van der Waals surface area (Å²) in [4.78, 5) is 16.7. The molecule has 2 amide bonds. The summed E-state index contributed by atoms with van der Waals surface area (Å²) in [5.74, 6) is 0.725. The van der Waals surface area contributed by atoms with Gasteiger partial charge in [0, 0.05) is 25.3 Å². The van der Waals surface area contributed by atoms with Crippen molar-refractivity contribution in [3.63, 3.8) is 0 Å². The van der Waals surface area contributed by atoms with Gasteiger partial charge in [0.05, 0.1) is 0 Å². The lowest BCUT2D eigenvalue weighted by atomic mass is 9.96. The van der Waals surface area contributed by atoms with Crippen LogP contribution in [-0.2, 0) is 0 Å². The number of piperidine rings is 1. The van der Waals surface area contributed by atoms with Crippen LogP contribution in [0.3, 0.4) is 0 Å². The van der Waals surface area contributed by atoms with Gasteiger partial charge in [-0.15, -0.1) is 0 Å². The number of carbonyl (C=O) groups excluding carboxylic acids is 1. The molecule has 1 fully saturated rings. The molecule has 1 aromatic rings. The number of amides is 2. The van der Waals surface area contributed by atoms with Crippen molar-refractivity contribution in [1.29, 1.82) is 0 Å². The molecule has 1 N–H and O–H groups in total. The molecule has 2 rings (SSSR count). The largest absolute Gasteiger partial charge is 0.325 e. The summed E-state index contributed by atoms with van der Waals surface area (Å²) in [5.41, 5.74) is 2.08. The van der Waals surface area contributed by atoms with Gasteiger partial charge in [0.1, 0.15) is 0 Å². The third-order valence-corrected chi connectivity index (χ3v) is 4.62. The molecule has 4 nitrogen and oxygen atoms in total. The van der Waals surface area contributed by atoms with E-state index in [4.69, 9.17) is 0 Å². The van der Waals surface area contributed by atoms with Crippen molar-refractivity contribution in [1.82, 2.24) is 9.80 Å². The van der Waals surface area contributed by atoms with Crippen molar-refractivity contribution >= 4 is 11.7 Å². The molecule has 1 heterocycles. The molecule has 4 heteroatoms. The number of anilines is 1. The number of carbonyl (C=O) groups is 1. The Hall–Kier alpha value is -1.55. The number of aryl methyl sites for hydroxylation is 1. The average Bonchev–Trinajstić information content (AvgIpc) is 2.55. The summed E-state index contributed by atoms with van der Waals surface area (Å²) in [6, 6.07) is 7.99. The van der Waals surface area contributed by atoms with E-state index >= 15 is 0 Å². The van der Waals surface area contributed by atoms with Crippen LogP contribution in [0.5, 0.6) is 0 Å². The minimum Gasteiger partial charge on any atom is -0.325 e. The Bertz CT molecular complexity index is 460. The van der Waals surface area contributed by atoms with Crippen molar-refractivity contribution in [2.24, 2.45) is 5.92 Å². The van der Waals surface area contributed by atoms with Crippen molar-refractivity contribution < 1.29 is 4.79 Å². The summed E-state index contributed by atoms with van der Waals surface area (Å²) in [5, 5.41) is 2.99. The van der Waals surface area contributed by atoms with Crippen LogP contribution in [0, 0.1) is 12.8 Å². The Labute approximate surface area is 134 Å². The van der Waals surface area contributed by atoms with E-state index < -0.39 is 0 Å². The molecule has 1 aliphatic heterocycles. The van der Waals surface area contributed by atoms with E-state index in [1.807, 2.05) is 36.1 Å². The fourth-order valence-electron chi connectivity index (χ4n) is 3.01. The Morgan fingerprint density at radius 3 is 2.32 bits per heavy atom. The zero-order valence-electron chi connectivity index (χ0n) is 14.1. The fourth-order valence-corrected chi connectivity index (χ4v) is 3.01. The molecule has 0 aliphatic carbocycles. The lowest BCUT2D eigenvalue weighted by Gasteiger charge is -2.34. The van der Waals surface area contributed by atoms with Crippen molar-refractivity contribution in [2.45, 2.75) is 33.6 Å². The molecule has 0 atom stereocenters. The van der Waals surface area contributed by atoms with Gasteiger partial charge in [-0.1, -0.05) is 31.5 Å². The van der Waals surface area contributed by atoms with Crippen LogP contribution in [-0.4, -0.2) is 48.6 Å². The SMILES string of the molecule is CCN(CC)CC1CCN(C(=O)Nc2ccc(C)cc2)CC1. The summed E-state index contributed by atoms with van der Waals surface area (Å²) < 4.78 is 0. The Kier molecular flexibility index (Phi) is 6.25. The minimum absolute atomic E-state index is 0.0325. The Morgan fingerprint density at radius 1 is 1.18 bits per heavy atom. The van der Waals surface area contributed by atoms with Crippen LogP contribution in [0.25, 0.3) is 0 Å². The predicted molar refractivity (Wildman–Crippen MR) is 92.3 cm³/mol. The summed E-state index contributed by atoms with van der Waals surface area (Å²) in [6.45, 7) is 11.6. The van der Waals surface area contributed by atoms with Gasteiger partial charge in [-0.05, 0) is 50.9 Å². The van der Waals surface area contributed by atoms with Crippen LogP contribution in [0.2, 0.25) is 0 Å². The standard InChI is InChI=1S/C18H29N3O/c1-4-20(5-2)14-16-10-12-21(13-11-16)18(22)19-17-8-6-15(3)7-9-17/h6-9,16H,4-5,10-14H2,1-3H3,(H,19,22). The Balaban J connectivity index is 1.78. The maximum Gasteiger partial charge on any atom is 0.321 e. The van der Waals surface area contributed by atoms with Gasteiger partial charge in [0.2, 0.25) is 0 Å². The molecule has 1 saturated heterocycles. The van der Waals surface area contributed by atoms with Gasteiger partial charge in [0.25, 0.3) is 0 Å². The number of benzene rings is 1. The van der Waals surface area contributed by atoms with Gasteiger partial charge in [0.15, 0.2) is 0 Å². The highest BCUT2D eigenvalue weighted by atomic mass is 16.2. The molecule has 0 saturated carbocycles. The van der Waals surface area contributed by atoms with Gasteiger partial charge in [-0.2, -0.15) is 0 Å². The van der Waals surface area contributed by atoms with Crippen LogP contribution in [0.1, 0.15) is 32.3 Å². The van der Waals surface area contributed by atoms with Crippen molar-refractivity contribution in [3.8, 4) is 0 Å². The quantitative estimate of drug-likeness (QED) is 0.902. The smallest absolute Gasteiger partial charge is 0.321 e. The number of rotatable bonds is 5. The molecular weight excluding hydrogens is 274 g/mol. The van der Waals surface area contributed by atoms with Crippen molar-refractivity contribution in [2.75, 3.05) is 38.0 Å². The van der Waals surface area contributed by atoms with Gasteiger partial charge in [-0.3, -0.25) is 0 Å². The first-order valence-electron chi connectivity index (χ1n) is 8.47. The molecule has 0 unspecified atom stereocenters. The van der Waals surface area contributed by atoms with E-state index in [1.165, 1.54) is 12.1 Å². The van der Waals surface area contributed by atoms with Gasteiger partial charge >= 0.3 is 6.03 Å². The monoisotopic (exact) mass is 303 g/mol. The average molecular weight is 303 g/mol. The van der Waals surface area contributed by atoms with E-state index in [2.05, 4.69) is 24.1 Å². The van der Waals surface area contributed by atoms with Crippen LogP contribution in [0.4, 0.5) is 10.5 Å². The normalized spacial score (nSPS) is 16.1. The first-order valence-corrected chi connectivity index (χ1v) is 8.47. The number of urea groups is 1. The molecule has 122 valence electrons. The number of hydrogen-bond donors (Lipinski definition) is 1. The second-order valence-electron chi connectivity index (χ2n) is 6.21. The van der Waals surface area contributed by atoms with Crippen LogP contribution < -0.4 is 5.32 Å². The molecule has 0 spiro atoms. The molecule has 22 heavy (non-hydrogen) atoms. The van der Waals surface area contributed by atoms with E-state index in [-0.39, 0.29) is 6.03 Å². The second kappa shape index (κ2) is 8.18. The molecule has 0 bridgehead atoms. The van der Waals surface area contributed by atoms with Crippen LogP contribution >= 0.6 is 0 Å². The predicted octanol–water partition coefficient (Wildman–Crippen LogP) is 3.58. The third kappa shape index (κ3) is 4.73. The highest BCUT2D eigenvalue weighted by molar-refractivity contribution is 5.89. The number of nitrogens with zero attached hydrogens (tertiary/aromatic N) is 2. The molecule has 1 aliphatic rings. The third-order valence-electron chi connectivity index (χ3n) is 4.62. The number of hydrogen-bond acceptors (Lipinski definition) is 2. The van der Waals surface area contributed by atoms with E-state index in [1.54, 1.807) is 0 Å². The van der Waals surface area contributed by atoms with E-state index in [0.717, 1.165) is 50.6 Å². The highest BCUT2D eigenvalue weighted by Gasteiger charge is 2.23. The molecular formula is C18H29N3O. The first-order chi connectivity index (χ1) is 10.6. The lowest BCUT2D eigenvalue weighted by Crippen LogP contribution is -2.43. The lowest BCUT2D eigenvalue weighted by molar-refractivity contribution is 0.158. The Morgan fingerprint density at radius 2 is 1.77 bits per heavy atom. The second-order valence-corrected chi connectivity index (χ2v) is 6.21. The summed E-state index contributed by atoms with van der Waals surface area (Å²) in [7, 11) is 0. The minimum atomic E-state index is 0.0325. The van der Waals surface area contributed by atoms with Gasteiger partial charge < -0.3 is 15.1 Å². The topological polar surface area (TPSA) is 35.6 Å². The van der Waals surface area contributed by atoms with Gasteiger partial charge in [-0.25, -0.2) is 4.79 Å². The fraction of sp³-hybridized carbons (Fsp3) is 0.611. The molecule has 0 radical (unpaired) electrons. The van der Waals surface area contributed by atoms with E-state index in [9.17, 15) is 4.79 Å². The van der Waals surface area contributed by atoms with E-state index in [0.29, 0.717) is 0 Å². The number of nitrogens with one attached hydrogen (secondary N) is 1.